The van der Waals surface area contributed by atoms with Crippen LogP contribution in [0.15, 0.2) is 129 Å². The van der Waals surface area contributed by atoms with E-state index >= 15 is 0 Å². The summed E-state index contributed by atoms with van der Waals surface area (Å²) in [6.45, 7) is 36.0. The zero-order valence-corrected chi connectivity index (χ0v) is 79.7. The van der Waals surface area contributed by atoms with E-state index in [2.05, 4.69) is 90.0 Å². The first-order chi connectivity index (χ1) is 61.5. The lowest BCUT2D eigenvalue weighted by Gasteiger charge is -2.48. The Morgan fingerprint density at radius 2 is 0.837 bits per heavy atom. The fraction of sp³-hybridized carbons (Fsp3) is 0.758. The van der Waals surface area contributed by atoms with Crippen LogP contribution >= 0.6 is 0 Å². The molecule has 0 amide bonds. The summed E-state index contributed by atoms with van der Waals surface area (Å²) in [7, 11) is 6.61. The molecule has 12 heterocycles. The van der Waals surface area contributed by atoms with Crippen LogP contribution in [-0.2, 0) is 114 Å². The van der Waals surface area contributed by atoms with Gasteiger partial charge in [0.05, 0.1) is 86.5 Å². The van der Waals surface area contributed by atoms with E-state index in [-0.39, 0.29) is 122 Å². The van der Waals surface area contributed by atoms with Crippen LogP contribution in [0.1, 0.15) is 195 Å². The number of esters is 2. The zero-order chi connectivity index (χ0) is 92.9. The number of allylic oxidation sites excluding steroid dienone is 4. The van der Waals surface area contributed by atoms with E-state index in [9.17, 15) is 30.0 Å². The zero-order valence-electron chi connectivity index (χ0n) is 79.7. The molecule has 722 valence electrons. The van der Waals surface area contributed by atoms with Gasteiger partial charge in [-0.1, -0.05) is 145 Å². The summed E-state index contributed by atoms with van der Waals surface area (Å²) in [5.74, 6) is -5.18. The number of fused-ring (bicyclic) bond motifs is 4. The number of hydrogen-bond acceptors (Lipinski definition) is 30. The highest BCUT2D eigenvalue weighted by molar-refractivity contribution is 5.79. The number of oxime groups is 2. The van der Waals surface area contributed by atoms with Crippen molar-refractivity contribution in [2.75, 3.05) is 41.7 Å². The highest BCUT2D eigenvalue weighted by Crippen LogP contribution is 2.51. The molecule has 0 saturated carbocycles. The number of carbonyl (C=O) groups excluding carboxylic acids is 2. The van der Waals surface area contributed by atoms with Gasteiger partial charge in [0.1, 0.15) is 84.1 Å². The Hall–Kier alpha value is -5.60. The van der Waals surface area contributed by atoms with Crippen molar-refractivity contribution in [1.82, 2.24) is 0 Å². The van der Waals surface area contributed by atoms with Gasteiger partial charge in [-0.05, 0) is 140 Å². The average molecular weight is 1810 g/mol. The third-order valence-electron chi connectivity index (χ3n) is 29.0. The van der Waals surface area contributed by atoms with E-state index in [1.54, 1.807) is 92.9 Å². The van der Waals surface area contributed by atoms with Gasteiger partial charge in [0.25, 0.3) is 0 Å². The smallest absolute Gasteiger partial charge is 0.316 e. The summed E-state index contributed by atoms with van der Waals surface area (Å²) in [5, 5.41) is 55.4. The minimum Gasteiger partial charge on any atom is -0.462 e. The molecule has 0 aromatic heterocycles. The average Bonchev–Trinajstić information content (AvgIpc) is 1.60. The number of hydrogen-bond donors (Lipinski definition) is 4. The van der Waals surface area contributed by atoms with Crippen molar-refractivity contribution in [2.45, 2.75) is 390 Å². The van der Waals surface area contributed by atoms with Crippen LogP contribution in [0.3, 0.4) is 0 Å². The molecule has 0 unspecified atom stereocenters. The second kappa shape index (κ2) is 43.6. The summed E-state index contributed by atoms with van der Waals surface area (Å²) in [5.41, 5.74) is 0.281. The van der Waals surface area contributed by atoms with Gasteiger partial charge in [-0.2, -0.15) is 0 Å². The maximum absolute atomic E-state index is 14.4. The minimum absolute atomic E-state index is 0.0325. The number of ether oxygens (including phenoxy) is 20. The molecule has 2 spiro atoms. The molecule has 4 bridgehead atoms. The van der Waals surface area contributed by atoms with E-state index < -0.39 is 145 Å². The Morgan fingerprint density at radius 3 is 1.21 bits per heavy atom. The number of methoxy groups -OCH3 is 4. The molecule has 129 heavy (non-hydrogen) atoms. The van der Waals surface area contributed by atoms with E-state index in [4.69, 9.17) is 104 Å². The molecule has 30 heteroatoms. The fourth-order valence-corrected chi connectivity index (χ4v) is 21.5. The normalized spacial score (nSPS) is 47.6. The summed E-state index contributed by atoms with van der Waals surface area (Å²) in [4.78, 5) is 40.0. The Balaban J connectivity index is 0.000000220. The molecule has 14 aliphatic rings. The second-order valence-corrected chi connectivity index (χ2v) is 38.7. The largest absolute Gasteiger partial charge is 0.462 e. The standard InChI is InChI=1S/C50H75NO14.C49H73NO14/c1-12-27(3)44-30(6)19-20-49(64-44)25-36-22-35(63-49)18-17-29(5)43(28(4)15-14-16-34-26-57-47-42(52)31(7)21-37(48(53)60-36)50(34,47)54)61-40-23-38(55-10)45(32(8)58-40)62-41-24-39(56-11)46(33(9)59-41)65-51-13-2;1-12-50-64-45-32(9)58-40(23-38(45)55-11)61-44-31(8)57-39(22-37(44)54-10)60-43-27(4)14-13-15-33-25-56-46-41(51)30(7)20-36(49(33,46)53)47(52)59-35-21-34(17-16-28(43)5)62-48(24-35)19-18-29(6)42(63-48)26(2)3/h13-17,19-21,27-28,30,32-33,35-47,52,54H,12,18,22-26H2,1-11H3;12-16,18-20,26-27,29,31-32,34-46,51,53H,17,21-25H2,1-11H3/b15-14+,29-17+,34-16+,51-13+;14-13+,28-16+,33-15+,50-12+/t27-,28-,30-,32-,33-,35+,36-,37-,38-,39-,40-,41-,42+,43-,44+,45-,46-,47+,49+,50+;27-,29-,31-,32-,34+,35-,36-,37-,38-,39-,40-,41+,42+,43-,44-,45-,46+,48+,49+/m00/s1. The molecule has 4 N–H and O–H groups in total. The summed E-state index contributed by atoms with van der Waals surface area (Å²) in [6.07, 6.45) is 20.9. The number of rotatable bonds is 19. The number of aliphatic hydroxyl groups is 4. The number of nitrogens with zero attached hydrogens (tertiary/aromatic N) is 2. The number of carbonyl (C=O) groups is 2. The van der Waals surface area contributed by atoms with Crippen LogP contribution in [0.25, 0.3) is 0 Å². The SMILES string of the molecule is C/C=N/O[C@H]1[C@H](C)O[C@@H](O[C@H]2[C@H](C)O[C@@H](O[C@@H]3/C(C)=C/C[C@@H]4C[C@@H](C[C@]5(C=C[C@H](C)[C@@H](C(C)C)O5)O4)OC(=O)[C@@H]4C=C(C)[C@@H](O)[C@H]5OC/C(=C\C=C\[C@@H]3C)[C@]54O)C[C@@H]2OC)C[C@@H]1OC.C/C=N/O[C@H]1[C@H](C)O[C@@H](O[C@H]2[C@H](C)O[C@@H](O[C@@H]3/C(C)=C/C[C@@H]4C[C@@H](C[C@]5(C=C[C@H](C)[C@@H]([C@@H](C)CC)O5)O4)OC(=O)[C@@H]4C=C(C)[C@@H](O)[C@H]5OC/C(=C\C=C\[C@@H]3C)[C@]54O)C[C@@H]2OC)C[C@@H]1OC. The van der Waals surface area contributed by atoms with Crippen LogP contribution < -0.4 is 0 Å². The van der Waals surface area contributed by atoms with Crippen LogP contribution in [0.4, 0.5) is 0 Å². The molecule has 0 aromatic carbocycles. The van der Waals surface area contributed by atoms with E-state index in [0.29, 0.717) is 86.5 Å². The Labute approximate surface area is 762 Å². The van der Waals surface area contributed by atoms with Gasteiger partial charge in [0.2, 0.25) is 0 Å². The van der Waals surface area contributed by atoms with E-state index in [1.165, 1.54) is 0 Å². The Morgan fingerprint density at radius 1 is 0.473 bits per heavy atom. The first-order valence-electron chi connectivity index (χ1n) is 47.2. The van der Waals surface area contributed by atoms with Gasteiger partial charge < -0.3 is 125 Å². The van der Waals surface area contributed by atoms with Crippen molar-refractivity contribution in [3.05, 3.63) is 119 Å². The van der Waals surface area contributed by atoms with Crippen LogP contribution in [0.5, 0.6) is 0 Å². The second-order valence-electron chi connectivity index (χ2n) is 38.7. The highest BCUT2D eigenvalue weighted by atomic mass is 16.8. The highest BCUT2D eigenvalue weighted by Gasteiger charge is 2.63. The maximum Gasteiger partial charge on any atom is 0.316 e. The van der Waals surface area contributed by atoms with Gasteiger partial charge in [0.15, 0.2) is 48.9 Å². The molecule has 8 saturated heterocycles. The first-order valence-corrected chi connectivity index (χ1v) is 47.2. The van der Waals surface area contributed by atoms with Crippen LogP contribution in [-0.4, -0.2) is 281 Å². The van der Waals surface area contributed by atoms with Gasteiger partial charge in [-0.25, -0.2) is 0 Å². The molecule has 30 nitrogen and oxygen atoms in total. The third-order valence-corrected chi connectivity index (χ3v) is 29.0. The van der Waals surface area contributed by atoms with Crippen molar-refractivity contribution >= 4 is 24.4 Å². The topological polar surface area (TPSA) is 343 Å². The lowest BCUT2D eigenvalue weighted by Crippen LogP contribution is -2.58. The molecule has 0 aromatic rings. The first kappa shape index (κ1) is 101. The predicted octanol–water partition coefficient (Wildman–Crippen LogP) is 12.4. The molecule has 2 aliphatic carbocycles. The van der Waals surface area contributed by atoms with Crippen molar-refractivity contribution in [1.29, 1.82) is 0 Å². The number of aliphatic hydroxyl groups excluding tert-OH is 2. The fourth-order valence-electron chi connectivity index (χ4n) is 21.5. The lowest BCUT2D eigenvalue weighted by molar-refractivity contribution is -0.321. The van der Waals surface area contributed by atoms with Crippen LogP contribution in [0, 0.1) is 47.3 Å². The quantitative estimate of drug-likeness (QED) is 0.0404. The molecule has 39 atom stereocenters. The molecule has 8 fully saturated rings. The Bertz CT molecular complexity index is 4160. The third kappa shape index (κ3) is 22.2. The van der Waals surface area contributed by atoms with Crippen molar-refractivity contribution in [3.63, 3.8) is 0 Å². The predicted molar refractivity (Wildman–Crippen MR) is 476 cm³/mol. The van der Waals surface area contributed by atoms with Gasteiger partial charge in [0, 0.05) is 116 Å². The molecule has 12 aliphatic heterocycles. The van der Waals surface area contributed by atoms with E-state index in [0.717, 1.165) is 17.6 Å². The van der Waals surface area contributed by atoms with Crippen LogP contribution in [0.2, 0.25) is 0 Å². The summed E-state index contributed by atoms with van der Waals surface area (Å²) in [6, 6.07) is 0. The van der Waals surface area contributed by atoms with E-state index in [1.807, 2.05) is 78.0 Å². The molecule has 14 rings (SSSR count). The van der Waals surface area contributed by atoms with Gasteiger partial charge in [-0.3, -0.25) is 9.59 Å². The monoisotopic (exact) mass is 1810 g/mol. The molecular weight excluding hydrogens is 1670 g/mol. The molecule has 0 radical (unpaired) electrons. The lowest BCUT2D eigenvalue weighted by atomic mass is 9.71. The van der Waals surface area contributed by atoms with Gasteiger partial charge in [-0.15, -0.1) is 0 Å². The molecular formula is C99H148N2O28. The van der Waals surface area contributed by atoms with Gasteiger partial charge >= 0.3 is 11.9 Å². The minimum atomic E-state index is -1.84. The van der Waals surface area contributed by atoms with Crippen molar-refractivity contribution < 1.29 is 134 Å². The van der Waals surface area contributed by atoms with Crippen molar-refractivity contribution in [3.8, 4) is 0 Å². The summed E-state index contributed by atoms with van der Waals surface area (Å²) < 4.78 is 129. The van der Waals surface area contributed by atoms with Crippen molar-refractivity contribution in [2.24, 2.45) is 57.7 Å². The maximum atomic E-state index is 14.4. The summed E-state index contributed by atoms with van der Waals surface area (Å²) >= 11 is 0. The Kier molecular flexibility index (Phi) is 34.1.